The zero-order chi connectivity index (χ0) is 20.2. The molecular formula is C22H27N4O3+. The lowest BCUT2D eigenvalue weighted by Gasteiger charge is -2.32. The van der Waals surface area contributed by atoms with Crippen LogP contribution in [0, 0.1) is 5.92 Å². The molecule has 2 amide bonds. The summed E-state index contributed by atoms with van der Waals surface area (Å²) in [4.78, 5) is 34.8. The quantitative estimate of drug-likeness (QED) is 0.771. The predicted molar refractivity (Wildman–Crippen MR) is 110 cm³/mol. The molecule has 4 rings (SSSR count). The molecule has 3 heterocycles. The van der Waals surface area contributed by atoms with E-state index in [-0.39, 0.29) is 24.2 Å². The topological polar surface area (TPSA) is 67.2 Å². The van der Waals surface area contributed by atoms with Gasteiger partial charge in [-0.1, -0.05) is 18.2 Å². The van der Waals surface area contributed by atoms with Crippen LogP contribution in [0.15, 0.2) is 48.7 Å². The van der Waals surface area contributed by atoms with E-state index in [1.54, 1.807) is 4.90 Å². The summed E-state index contributed by atoms with van der Waals surface area (Å²) < 4.78 is 5.67. The Morgan fingerprint density at radius 1 is 1.10 bits per heavy atom. The molecule has 7 heteroatoms. The van der Waals surface area contributed by atoms with E-state index >= 15 is 0 Å². The number of anilines is 2. The highest BCUT2D eigenvalue weighted by Gasteiger charge is 2.39. The highest BCUT2D eigenvalue weighted by Crippen LogP contribution is 2.33. The van der Waals surface area contributed by atoms with Gasteiger partial charge in [-0.3, -0.25) is 14.5 Å². The van der Waals surface area contributed by atoms with Crippen LogP contribution in [-0.2, 0) is 9.59 Å². The number of aromatic nitrogens is 1. The minimum Gasteiger partial charge on any atom is -0.492 e. The van der Waals surface area contributed by atoms with E-state index in [1.807, 2.05) is 60.5 Å². The normalized spacial score (nSPS) is 19.6. The maximum absolute atomic E-state index is 13.1. The summed E-state index contributed by atoms with van der Waals surface area (Å²) in [5.41, 5.74) is 0.749. The zero-order valence-corrected chi connectivity index (χ0v) is 16.7. The van der Waals surface area contributed by atoms with E-state index < -0.39 is 0 Å². The van der Waals surface area contributed by atoms with Gasteiger partial charge in [0.15, 0.2) is 0 Å². The number of rotatable bonds is 5. The van der Waals surface area contributed by atoms with Crippen LogP contribution in [0.1, 0.15) is 13.3 Å². The Balaban J connectivity index is 1.39. The number of H-pyrrole nitrogens is 1. The lowest BCUT2D eigenvalue weighted by molar-refractivity contribution is -0.364. The van der Waals surface area contributed by atoms with Crippen molar-refractivity contribution in [3.63, 3.8) is 0 Å². The summed E-state index contributed by atoms with van der Waals surface area (Å²) in [5.74, 6) is 1.50. The number of hydrogen-bond acceptors (Lipinski definition) is 4. The first-order chi connectivity index (χ1) is 14.2. The van der Waals surface area contributed by atoms with E-state index in [9.17, 15) is 9.59 Å². The molecular weight excluding hydrogens is 368 g/mol. The number of benzene rings is 1. The fraction of sp³-hybridized carbons (Fsp3) is 0.409. The number of amides is 2. The Morgan fingerprint density at radius 3 is 2.59 bits per heavy atom. The van der Waals surface area contributed by atoms with Gasteiger partial charge in [-0.25, -0.2) is 4.98 Å². The smallest absolute Gasteiger partial charge is 0.274 e. The summed E-state index contributed by atoms with van der Waals surface area (Å²) in [6.07, 6.45) is 2.16. The lowest BCUT2D eigenvalue weighted by Crippen LogP contribution is -2.51. The molecule has 29 heavy (non-hydrogen) atoms. The maximum Gasteiger partial charge on any atom is 0.274 e. The molecule has 0 saturated carbocycles. The molecule has 0 aliphatic carbocycles. The molecule has 1 aromatic carbocycles. The van der Waals surface area contributed by atoms with E-state index in [2.05, 4.69) is 9.88 Å². The molecule has 1 aromatic heterocycles. The Bertz CT molecular complexity index is 865. The second kappa shape index (κ2) is 8.51. The summed E-state index contributed by atoms with van der Waals surface area (Å²) in [6.45, 7) is 5.76. The van der Waals surface area contributed by atoms with Crippen LogP contribution in [0.4, 0.5) is 11.5 Å². The maximum atomic E-state index is 13.1. The summed E-state index contributed by atoms with van der Waals surface area (Å²) in [6, 6.07) is 13.5. The molecule has 2 saturated heterocycles. The first-order valence-electron chi connectivity index (χ1n) is 10.2. The molecule has 1 atom stereocenters. The summed E-state index contributed by atoms with van der Waals surface area (Å²) in [7, 11) is 0. The van der Waals surface area contributed by atoms with E-state index in [4.69, 9.17) is 4.74 Å². The van der Waals surface area contributed by atoms with Crippen molar-refractivity contribution in [3.8, 4) is 5.75 Å². The number of pyridine rings is 1. The highest BCUT2D eigenvalue weighted by atomic mass is 16.5. The van der Waals surface area contributed by atoms with Gasteiger partial charge in [0, 0.05) is 19.0 Å². The minimum absolute atomic E-state index is 0.0203. The van der Waals surface area contributed by atoms with Crippen LogP contribution in [0.25, 0.3) is 0 Å². The Kier molecular flexibility index (Phi) is 5.64. The lowest BCUT2D eigenvalue weighted by atomic mass is 10.1. The molecule has 0 bridgehead atoms. The highest BCUT2D eigenvalue weighted by molar-refractivity contribution is 6.01. The molecule has 2 aliphatic rings. The van der Waals surface area contributed by atoms with Crippen LogP contribution >= 0.6 is 0 Å². The van der Waals surface area contributed by atoms with E-state index in [0.29, 0.717) is 32.0 Å². The molecule has 152 valence electrons. The van der Waals surface area contributed by atoms with Gasteiger partial charge in [-0.05, 0) is 25.1 Å². The number of aromatic amines is 1. The Labute approximate surface area is 170 Å². The molecule has 2 fully saturated rings. The zero-order valence-electron chi connectivity index (χ0n) is 16.7. The predicted octanol–water partition coefficient (Wildman–Crippen LogP) is 1.60. The molecule has 0 radical (unpaired) electrons. The third kappa shape index (κ3) is 4.04. The van der Waals surface area contributed by atoms with Crippen LogP contribution < -0.4 is 19.5 Å². The van der Waals surface area contributed by atoms with E-state index in [0.717, 1.165) is 24.6 Å². The fourth-order valence-electron chi connectivity index (χ4n) is 4.07. The molecule has 1 N–H and O–H groups in total. The average Bonchev–Trinajstić information content (AvgIpc) is 3.16. The van der Waals surface area contributed by atoms with Crippen molar-refractivity contribution in [2.24, 2.45) is 5.92 Å². The number of para-hydroxylation sites is 2. The fourth-order valence-corrected chi connectivity index (χ4v) is 4.07. The van der Waals surface area contributed by atoms with Crippen LogP contribution in [0.5, 0.6) is 5.75 Å². The van der Waals surface area contributed by atoms with Crippen molar-refractivity contribution in [1.29, 1.82) is 0 Å². The Hall–Kier alpha value is -3.09. The number of carbonyl (C=O) groups excluding carboxylic acids is 2. The second-order valence-corrected chi connectivity index (χ2v) is 7.37. The molecule has 0 unspecified atom stereocenters. The first-order valence-corrected chi connectivity index (χ1v) is 10.2. The SMILES string of the molecule is CCOc1ccccc1N1C[C@H](C(=O)N2CCN(c3cccc[nH+]3)CC2)CC1=O. The van der Waals surface area contributed by atoms with Crippen molar-refractivity contribution in [2.45, 2.75) is 13.3 Å². The van der Waals surface area contributed by atoms with Gasteiger partial charge in [-0.15, -0.1) is 0 Å². The number of ether oxygens (including phenoxy) is 1. The van der Waals surface area contributed by atoms with E-state index in [1.165, 1.54) is 0 Å². The summed E-state index contributed by atoms with van der Waals surface area (Å²) >= 11 is 0. The standard InChI is InChI=1S/C22H26N4O3/c1-2-29-19-8-4-3-7-18(19)26-16-17(15-21(26)27)22(28)25-13-11-24(12-14-25)20-9-5-6-10-23-20/h3-10,17H,2,11-16H2,1H3/p+1/t17-/m1/s1. The van der Waals surface area contributed by atoms with Crippen LogP contribution in [-0.4, -0.2) is 56.0 Å². The summed E-state index contributed by atoms with van der Waals surface area (Å²) in [5, 5.41) is 0. The third-order valence-electron chi connectivity index (χ3n) is 5.55. The number of hydrogen-bond donors (Lipinski definition) is 0. The second-order valence-electron chi connectivity index (χ2n) is 7.37. The van der Waals surface area contributed by atoms with Crippen molar-refractivity contribution in [1.82, 2.24) is 4.90 Å². The van der Waals surface area contributed by atoms with Crippen molar-refractivity contribution in [3.05, 3.63) is 48.7 Å². The molecule has 7 nitrogen and oxygen atoms in total. The molecule has 2 aromatic rings. The molecule has 0 spiro atoms. The number of nitrogens with zero attached hydrogens (tertiary/aromatic N) is 3. The number of nitrogens with one attached hydrogen (secondary N) is 1. The third-order valence-corrected chi connectivity index (χ3v) is 5.55. The number of piperazine rings is 1. The largest absolute Gasteiger partial charge is 0.492 e. The van der Waals surface area contributed by atoms with Crippen molar-refractivity contribution in [2.75, 3.05) is 49.1 Å². The van der Waals surface area contributed by atoms with Gasteiger partial charge >= 0.3 is 0 Å². The van der Waals surface area contributed by atoms with Crippen LogP contribution in [0.2, 0.25) is 0 Å². The Morgan fingerprint density at radius 2 is 1.86 bits per heavy atom. The van der Waals surface area contributed by atoms with Gasteiger partial charge < -0.3 is 14.5 Å². The van der Waals surface area contributed by atoms with Gasteiger partial charge in [0.1, 0.15) is 18.8 Å². The van der Waals surface area contributed by atoms with Crippen molar-refractivity contribution < 1.29 is 19.3 Å². The van der Waals surface area contributed by atoms with Gasteiger partial charge in [-0.2, -0.15) is 0 Å². The van der Waals surface area contributed by atoms with Gasteiger partial charge in [0.2, 0.25) is 11.8 Å². The number of carbonyl (C=O) groups is 2. The van der Waals surface area contributed by atoms with Gasteiger partial charge in [0.25, 0.3) is 5.82 Å². The first kappa shape index (κ1) is 19.2. The molecule has 2 aliphatic heterocycles. The minimum atomic E-state index is -0.299. The van der Waals surface area contributed by atoms with Gasteiger partial charge in [0.05, 0.1) is 37.5 Å². The van der Waals surface area contributed by atoms with Crippen LogP contribution in [0.3, 0.4) is 0 Å². The average molecular weight is 395 g/mol. The van der Waals surface area contributed by atoms with Crippen molar-refractivity contribution >= 4 is 23.3 Å². The monoisotopic (exact) mass is 395 g/mol.